The first kappa shape index (κ1) is 18.9. The lowest BCUT2D eigenvalue weighted by molar-refractivity contribution is -0.129. The molecular weight excluding hydrogens is 362 g/mol. The number of aryl methyl sites for hydroxylation is 1. The number of halogens is 1. The number of hydrogen-bond acceptors (Lipinski definition) is 3. The predicted molar refractivity (Wildman–Crippen MR) is 107 cm³/mol. The molecule has 0 unspecified atom stereocenters. The minimum atomic E-state index is -1.26. The van der Waals surface area contributed by atoms with Crippen LogP contribution in [0.2, 0.25) is 5.02 Å². The summed E-state index contributed by atoms with van der Waals surface area (Å²) in [4.78, 5) is 12.1. The summed E-state index contributed by atoms with van der Waals surface area (Å²) in [5.74, 6) is -0.582. The van der Waals surface area contributed by atoms with Crippen molar-refractivity contribution in [2.75, 3.05) is 0 Å². The highest BCUT2D eigenvalue weighted by atomic mass is 35.5. The van der Waals surface area contributed by atoms with E-state index in [1.54, 1.807) is 30.5 Å². The van der Waals surface area contributed by atoms with Gasteiger partial charge in [-0.15, -0.1) is 0 Å². The minimum Gasteiger partial charge on any atom is -0.378 e. The maximum atomic E-state index is 12.1. The number of nitrogens with one attached hydrogen (secondary N) is 1. The Morgan fingerprint density at radius 3 is 2.59 bits per heavy atom. The predicted octanol–water partition coefficient (Wildman–Crippen LogP) is 3.93. The summed E-state index contributed by atoms with van der Waals surface area (Å²) in [6.45, 7) is 3.96. The molecule has 1 aromatic heterocycles. The van der Waals surface area contributed by atoms with Crippen LogP contribution in [0.3, 0.4) is 0 Å². The number of amides is 1. The lowest BCUT2D eigenvalue weighted by atomic mass is 10.1. The maximum absolute atomic E-state index is 12.1. The average Bonchev–Trinajstić information content (AvgIpc) is 2.95. The monoisotopic (exact) mass is 381 g/mol. The number of hydrazone groups is 1. The molecule has 2 N–H and O–H groups in total. The van der Waals surface area contributed by atoms with Gasteiger partial charge in [-0.3, -0.25) is 4.79 Å². The molecular formula is C21H20ClN3O2. The highest BCUT2D eigenvalue weighted by molar-refractivity contribution is 6.30. The van der Waals surface area contributed by atoms with Crippen molar-refractivity contribution in [3.63, 3.8) is 0 Å². The minimum absolute atomic E-state index is 0.518. The number of benzene rings is 2. The van der Waals surface area contributed by atoms with Gasteiger partial charge in [0.1, 0.15) is 0 Å². The topological polar surface area (TPSA) is 66.6 Å². The van der Waals surface area contributed by atoms with Gasteiger partial charge < -0.3 is 9.67 Å². The Morgan fingerprint density at radius 1 is 1.15 bits per heavy atom. The van der Waals surface area contributed by atoms with Crippen LogP contribution in [0.4, 0.5) is 0 Å². The van der Waals surface area contributed by atoms with Crippen LogP contribution in [0.25, 0.3) is 5.69 Å². The van der Waals surface area contributed by atoms with Crippen LogP contribution in [0.15, 0.2) is 65.8 Å². The molecule has 0 fully saturated rings. The highest BCUT2D eigenvalue weighted by Gasteiger charge is 2.16. The van der Waals surface area contributed by atoms with Gasteiger partial charge in [-0.1, -0.05) is 48.0 Å². The van der Waals surface area contributed by atoms with Gasteiger partial charge in [-0.2, -0.15) is 5.10 Å². The fourth-order valence-electron chi connectivity index (χ4n) is 2.94. The van der Waals surface area contributed by atoms with Crippen molar-refractivity contribution in [3.8, 4) is 5.69 Å². The van der Waals surface area contributed by atoms with Crippen LogP contribution >= 0.6 is 11.6 Å². The zero-order valence-corrected chi connectivity index (χ0v) is 15.8. The third kappa shape index (κ3) is 4.27. The molecule has 138 valence electrons. The van der Waals surface area contributed by atoms with Gasteiger partial charge in [-0.05, 0) is 43.7 Å². The normalized spacial score (nSPS) is 12.3. The Balaban J connectivity index is 1.75. The Bertz CT molecular complexity index is 980. The quantitative estimate of drug-likeness (QED) is 0.519. The van der Waals surface area contributed by atoms with Gasteiger partial charge in [0.25, 0.3) is 5.91 Å². The fourth-order valence-corrected chi connectivity index (χ4v) is 3.13. The number of aliphatic hydroxyl groups excluding tert-OH is 1. The van der Waals surface area contributed by atoms with E-state index in [-0.39, 0.29) is 0 Å². The van der Waals surface area contributed by atoms with Gasteiger partial charge in [-0.25, -0.2) is 5.43 Å². The molecule has 0 aliphatic heterocycles. The van der Waals surface area contributed by atoms with Crippen LogP contribution in [0.5, 0.6) is 0 Å². The van der Waals surface area contributed by atoms with Gasteiger partial charge >= 0.3 is 0 Å². The SMILES string of the molecule is Cc1cc(/C=N\NC(=O)[C@@H](O)c2ccccc2)c(C)n1-c1cccc(Cl)c1. The van der Waals surface area contributed by atoms with Crippen LogP contribution in [-0.2, 0) is 4.79 Å². The molecule has 5 nitrogen and oxygen atoms in total. The second-order valence-corrected chi connectivity index (χ2v) is 6.63. The molecule has 0 aliphatic rings. The smallest absolute Gasteiger partial charge is 0.273 e. The van der Waals surface area contributed by atoms with Crippen molar-refractivity contribution in [2.45, 2.75) is 20.0 Å². The summed E-state index contributed by atoms with van der Waals surface area (Å²) in [5.41, 5.74) is 6.71. The molecule has 0 saturated carbocycles. The van der Waals surface area contributed by atoms with Crippen LogP contribution < -0.4 is 5.43 Å². The van der Waals surface area contributed by atoms with Crippen molar-refractivity contribution in [2.24, 2.45) is 5.10 Å². The molecule has 0 saturated heterocycles. The summed E-state index contributed by atoms with van der Waals surface area (Å²) in [6, 6.07) is 18.3. The lowest BCUT2D eigenvalue weighted by Crippen LogP contribution is -2.25. The number of hydrogen-bond donors (Lipinski definition) is 2. The number of nitrogens with zero attached hydrogens (tertiary/aromatic N) is 2. The molecule has 2 aromatic carbocycles. The first-order chi connectivity index (χ1) is 13.0. The summed E-state index contributed by atoms with van der Waals surface area (Å²) in [7, 11) is 0. The van der Waals surface area contributed by atoms with E-state index in [9.17, 15) is 9.90 Å². The summed E-state index contributed by atoms with van der Waals surface area (Å²) in [5, 5.41) is 14.7. The second-order valence-electron chi connectivity index (χ2n) is 6.19. The molecule has 3 rings (SSSR count). The zero-order chi connectivity index (χ0) is 19.4. The molecule has 1 heterocycles. The number of aliphatic hydroxyl groups is 1. The third-order valence-electron chi connectivity index (χ3n) is 4.28. The molecule has 0 bridgehead atoms. The van der Waals surface area contributed by atoms with Gasteiger partial charge in [0.15, 0.2) is 6.10 Å². The third-order valence-corrected chi connectivity index (χ3v) is 4.51. The van der Waals surface area contributed by atoms with Crippen molar-refractivity contribution in [1.82, 2.24) is 9.99 Å². The van der Waals surface area contributed by atoms with Crippen molar-refractivity contribution < 1.29 is 9.90 Å². The van der Waals surface area contributed by atoms with E-state index in [4.69, 9.17) is 11.6 Å². The average molecular weight is 382 g/mol. The van der Waals surface area contributed by atoms with E-state index >= 15 is 0 Å². The Hall–Kier alpha value is -2.89. The standard InChI is InChI=1S/C21H20ClN3O2/c1-14-11-17(15(2)25(14)19-10-6-9-18(22)12-19)13-23-24-21(27)20(26)16-7-4-3-5-8-16/h3-13,20,26H,1-2H3,(H,24,27)/b23-13-/t20-/m0/s1. The van der Waals surface area contributed by atoms with Gasteiger partial charge in [0, 0.05) is 27.7 Å². The molecule has 1 atom stereocenters. The molecule has 3 aromatic rings. The number of carbonyl (C=O) groups excluding carboxylic acids is 1. The zero-order valence-electron chi connectivity index (χ0n) is 15.1. The molecule has 0 aliphatic carbocycles. The molecule has 0 spiro atoms. The fraction of sp³-hybridized carbons (Fsp3) is 0.143. The lowest BCUT2D eigenvalue weighted by Gasteiger charge is -2.10. The maximum Gasteiger partial charge on any atom is 0.273 e. The van der Waals surface area contributed by atoms with Crippen LogP contribution in [0.1, 0.15) is 28.6 Å². The van der Waals surface area contributed by atoms with Gasteiger partial charge in [0.2, 0.25) is 0 Å². The number of carbonyl (C=O) groups is 1. The first-order valence-electron chi connectivity index (χ1n) is 8.48. The van der Waals surface area contributed by atoms with E-state index in [1.165, 1.54) is 0 Å². The highest BCUT2D eigenvalue weighted by Crippen LogP contribution is 2.22. The second kappa shape index (κ2) is 8.20. The van der Waals surface area contributed by atoms with E-state index in [2.05, 4.69) is 15.1 Å². The van der Waals surface area contributed by atoms with Crippen molar-refractivity contribution in [3.05, 3.63) is 88.2 Å². The van der Waals surface area contributed by atoms with Crippen LogP contribution in [0, 0.1) is 13.8 Å². The van der Waals surface area contributed by atoms with Crippen molar-refractivity contribution >= 4 is 23.7 Å². The molecule has 1 amide bonds. The van der Waals surface area contributed by atoms with E-state index in [0.29, 0.717) is 10.6 Å². The Labute approximate surface area is 162 Å². The van der Waals surface area contributed by atoms with E-state index in [0.717, 1.165) is 22.6 Å². The number of rotatable bonds is 5. The largest absolute Gasteiger partial charge is 0.378 e. The number of aromatic nitrogens is 1. The summed E-state index contributed by atoms with van der Waals surface area (Å²) < 4.78 is 2.06. The van der Waals surface area contributed by atoms with Gasteiger partial charge in [0.05, 0.1) is 6.21 Å². The van der Waals surface area contributed by atoms with E-state index < -0.39 is 12.0 Å². The van der Waals surface area contributed by atoms with E-state index in [1.807, 2.05) is 50.2 Å². The summed E-state index contributed by atoms with van der Waals surface area (Å²) in [6.07, 6.45) is 0.307. The molecule has 27 heavy (non-hydrogen) atoms. The van der Waals surface area contributed by atoms with Crippen molar-refractivity contribution in [1.29, 1.82) is 0 Å². The molecule has 0 radical (unpaired) electrons. The molecule has 6 heteroatoms. The first-order valence-corrected chi connectivity index (χ1v) is 8.86. The van der Waals surface area contributed by atoms with Crippen LogP contribution in [-0.4, -0.2) is 21.8 Å². The summed E-state index contributed by atoms with van der Waals surface area (Å²) >= 11 is 6.09. The Kier molecular flexibility index (Phi) is 5.74. The Morgan fingerprint density at radius 2 is 1.89 bits per heavy atom.